The monoisotopic (exact) mass is 432 g/mol. The van der Waals surface area contributed by atoms with Crippen molar-refractivity contribution in [3.8, 4) is 0 Å². The summed E-state index contributed by atoms with van der Waals surface area (Å²) in [5.74, 6) is 2.05. The van der Waals surface area contributed by atoms with E-state index in [0.717, 1.165) is 57.4 Å². The van der Waals surface area contributed by atoms with Crippen LogP contribution in [0.4, 0.5) is 0 Å². The first kappa shape index (κ1) is 23.4. The summed E-state index contributed by atoms with van der Waals surface area (Å²) in [7, 11) is 0. The number of thioether (sulfide) groups is 1. The molecule has 0 radical (unpaired) electrons. The van der Waals surface area contributed by atoms with E-state index in [-0.39, 0.29) is 4.75 Å². The van der Waals surface area contributed by atoms with Crippen LogP contribution in [-0.4, -0.2) is 60.8 Å². The average molecular weight is 433 g/mol. The third-order valence-corrected chi connectivity index (χ3v) is 7.53. The van der Waals surface area contributed by atoms with Gasteiger partial charge in [-0.15, -0.1) is 0 Å². The molecule has 0 aromatic heterocycles. The molecule has 5 nitrogen and oxygen atoms in total. The van der Waals surface area contributed by atoms with Gasteiger partial charge in [0.25, 0.3) is 0 Å². The molecular weight excluding hydrogens is 392 g/mol. The van der Waals surface area contributed by atoms with Crippen LogP contribution in [-0.2, 0) is 17.8 Å². The third-order valence-electron chi connectivity index (χ3n) is 6.07. The highest BCUT2D eigenvalue weighted by Crippen LogP contribution is 2.34. The first-order valence-electron chi connectivity index (χ1n) is 11.8. The fraction of sp³-hybridized carbons (Fsp3) is 0.708. The highest BCUT2D eigenvalue weighted by atomic mass is 32.2. The minimum atomic E-state index is 0.263. The Morgan fingerprint density at radius 2 is 1.73 bits per heavy atom. The van der Waals surface area contributed by atoms with Crippen molar-refractivity contribution < 1.29 is 4.74 Å². The highest BCUT2D eigenvalue weighted by molar-refractivity contribution is 8.00. The van der Waals surface area contributed by atoms with Crippen molar-refractivity contribution in [2.24, 2.45) is 4.99 Å². The van der Waals surface area contributed by atoms with Gasteiger partial charge in [-0.1, -0.05) is 37.6 Å². The minimum Gasteiger partial charge on any atom is -0.381 e. The van der Waals surface area contributed by atoms with Gasteiger partial charge in [-0.25, -0.2) is 4.99 Å². The molecule has 2 fully saturated rings. The zero-order valence-electron chi connectivity index (χ0n) is 18.9. The Hall–Kier alpha value is -1.24. The predicted molar refractivity (Wildman–Crippen MR) is 129 cm³/mol. The standard InChI is InChI=1S/C24H40N4OS/c1-3-25-23(27-20-24(30-4-2)12-16-29-17-13-24)26-18-21-8-10-22(11-9-21)19-28-14-6-5-7-15-28/h8-11H,3-7,12-20H2,1-2H3,(H2,25,26,27). The molecule has 0 aliphatic carbocycles. The van der Waals surface area contributed by atoms with E-state index in [0.29, 0.717) is 6.54 Å². The number of hydrogen-bond donors (Lipinski definition) is 2. The van der Waals surface area contributed by atoms with Crippen LogP contribution in [0.2, 0.25) is 0 Å². The minimum absolute atomic E-state index is 0.263. The number of ether oxygens (including phenoxy) is 1. The zero-order valence-corrected chi connectivity index (χ0v) is 19.7. The van der Waals surface area contributed by atoms with Crippen molar-refractivity contribution in [3.63, 3.8) is 0 Å². The molecule has 2 heterocycles. The molecule has 0 unspecified atom stereocenters. The van der Waals surface area contributed by atoms with E-state index in [4.69, 9.17) is 9.73 Å². The second-order valence-electron chi connectivity index (χ2n) is 8.43. The van der Waals surface area contributed by atoms with Crippen molar-refractivity contribution in [1.82, 2.24) is 15.5 Å². The van der Waals surface area contributed by atoms with Crippen molar-refractivity contribution in [1.29, 1.82) is 0 Å². The number of piperidine rings is 1. The molecule has 2 saturated heterocycles. The second kappa shape index (κ2) is 12.6. The van der Waals surface area contributed by atoms with E-state index in [1.807, 2.05) is 0 Å². The van der Waals surface area contributed by atoms with Crippen LogP contribution in [0, 0.1) is 0 Å². The highest BCUT2D eigenvalue weighted by Gasteiger charge is 2.32. The molecule has 30 heavy (non-hydrogen) atoms. The number of nitrogens with one attached hydrogen (secondary N) is 2. The molecule has 2 N–H and O–H groups in total. The largest absolute Gasteiger partial charge is 0.381 e. The normalized spacial score (nSPS) is 20.1. The molecule has 6 heteroatoms. The fourth-order valence-corrected chi connectivity index (χ4v) is 5.55. The summed E-state index contributed by atoms with van der Waals surface area (Å²) < 4.78 is 5.86. The lowest BCUT2D eigenvalue weighted by Gasteiger charge is -2.37. The maximum Gasteiger partial charge on any atom is 0.191 e. The lowest BCUT2D eigenvalue weighted by molar-refractivity contribution is 0.0782. The number of benzene rings is 1. The topological polar surface area (TPSA) is 48.9 Å². The summed E-state index contributed by atoms with van der Waals surface area (Å²) >= 11 is 2.06. The van der Waals surface area contributed by atoms with Gasteiger partial charge in [-0.05, 0) is 62.6 Å². The SMILES string of the molecule is CCNC(=NCc1ccc(CN2CCCCC2)cc1)NCC1(SCC)CCOCC1. The van der Waals surface area contributed by atoms with Crippen molar-refractivity contribution in [2.75, 3.05) is 45.1 Å². The van der Waals surface area contributed by atoms with E-state index in [9.17, 15) is 0 Å². The van der Waals surface area contributed by atoms with Crippen LogP contribution in [0.15, 0.2) is 29.3 Å². The van der Waals surface area contributed by atoms with Crippen molar-refractivity contribution in [2.45, 2.75) is 63.8 Å². The zero-order chi connectivity index (χ0) is 21.1. The summed E-state index contributed by atoms with van der Waals surface area (Å²) in [5, 5.41) is 7.02. The smallest absolute Gasteiger partial charge is 0.191 e. The van der Waals surface area contributed by atoms with Gasteiger partial charge in [0.1, 0.15) is 0 Å². The van der Waals surface area contributed by atoms with Crippen LogP contribution < -0.4 is 10.6 Å². The van der Waals surface area contributed by atoms with Crippen LogP contribution in [0.3, 0.4) is 0 Å². The molecule has 3 rings (SSSR count). The summed E-state index contributed by atoms with van der Waals surface area (Å²) in [6.45, 7) is 12.2. The van der Waals surface area contributed by atoms with Gasteiger partial charge in [0.2, 0.25) is 0 Å². The average Bonchev–Trinajstić information content (AvgIpc) is 2.78. The van der Waals surface area contributed by atoms with E-state index < -0.39 is 0 Å². The third kappa shape index (κ3) is 7.47. The molecule has 2 aliphatic rings. The molecule has 0 atom stereocenters. The summed E-state index contributed by atoms with van der Waals surface area (Å²) in [6.07, 6.45) is 6.30. The molecule has 0 saturated carbocycles. The molecule has 1 aromatic carbocycles. The Morgan fingerprint density at radius 3 is 2.40 bits per heavy atom. The summed E-state index contributed by atoms with van der Waals surface area (Å²) in [5.41, 5.74) is 2.67. The van der Waals surface area contributed by atoms with Gasteiger partial charge in [0.05, 0.1) is 6.54 Å². The van der Waals surface area contributed by atoms with Gasteiger partial charge in [0, 0.05) is 37.6 Å². The fourth-order valence-electron chi connectivity index (χ4n) is 4.30. The van der Waals surface area contributed by atoms with E-state index >= 15 is 0 Å². The van der Waals surface area contributed by atoms with Crippen LogP contribution in [0.5, 0.6) is 0 Å². The number of aliphatic imine (C=N–C) groups is 1. The maximum atomic E-state index is 5.60. The molecule has 0 bridgehead atoms. The van der Waals surface area contributed by atoms with E-state index in [1.54, 1.807) is 0 Å². The number of guanidine groups is 1. The Bertz CT molecular complexity index is 632. The van der Waals surface area contributed by atoms with Crippen molar-refractivity contribution >= 4 is 17.7 Å². The Labute approximate surface area is 187 Å². The summed E-state index contributed by atoms with van der Waals surface area (Å²) in [6, 6.07) is 9.02. The number of hydrogen-bond acceptors (Lipinski definition) is 4. The van der Waals surface area contributed by atoms with Gasteiger partial charge >= 0.3 is 0 Å². The number of rotatable bonds is 9. The van der Waals surface area contributed by atoms with Gasteiger partial charge in [-0.2, -0.15) is 11.8 Å². The van der Waals surface area contributed by atoms with Gasteiger partial charge in [-0.3, -0.25) is 4.90 Å². The molecule has 2 aliphatic heterocycles. The second-order valence-corrected chi connectivity index (χ2v) is 10.2. The molecule has 168 valence electrons. The first-order valence-corrected chi connectivity index (χ1v) is 12.8. The quantitative estimate of drug-likeness (QED) is 0.456. The van der Waals surface area contributed by atoms with Crippen LogP contribution in [0.25, 0.3) is 0 Å². The van der Waals surface area contributed by atoms with Crippen LogP contribution in [0.1, 0.15) is 57.1 Å². The predicted octanol–water partition coefficient (Wildman–Crippen LogP) is 4.03. The lowest BCUT2D eigenvalue weighted by Crippen LogP contribution is -2.48. The Morgan fingerprint density at radius 1 is 1.03 bits per heavy atom. The molecule has 0 spiro atoms. The first-order chi connectivity index (χ1) is 14.7. The number of nitrogens with zero attached hydrogens (tertiary/aromatic N) is 2. The van der Waals surface area contributed by atoms with Gasteiger partial charge in [0.15, 0.2) is 5.96 Å². The summed E-state index contributed by atoms with van der Waals surface area (Å²) in [4.78, 5) is 7.42. The van der Waals surface area contributed by atoms with Crippen molar-refractivity contribution in [3.05, 3.63) is 35.4 Å². The maximum absolute atomic E-state index is 5.60. The Balaban J connectivity index is 1.53. The van der Waals surface area contributed by atoms with E-state index in [2.05, 4.69) is 65.4 Å². The Kier molecular flexibility index (Phi) is 9.82. The lowest BCUT2D eigenvalue weighted by atomic mass is 9.99. The van der Waals surface area contributed by atoms with Crippen LogP contribution >= 0.6 is 11.8 Å². The molecule has 1 aromatic rings. The van der Waals surface area contributed by atoms with Gasteiger partial charge < -0.3 is 15.4 Å². The van der Waals surface area contributed by atoms with E-state index in [1.165, 1.54) is 43.5 Å². The number of likely N-dealkylation sites (tertiary alicyclic amines) is 1. The molecule has 0 amide bonds. The molecular formula is C24H40N4OS.